The van der Waals surface area contributed by atoms with Gasteiger partial charge in [-0.2, -0.15) is 8.42 Å². The number of hydrogen-bond acceptors (Lipinski definition) is 4. The largest absolute Gasteiger partial charge is 0.458 e. The Labute approximate surface area is 87.4 Å². The van der Waals surface area contributed by atoms with Crippen LogP contribution in [0.5, 0.6) is 0 Å². The smallest absolute Gasteiger partial charge is 0.330 e. The van der Waals surface area contributed by atoms with Crippen LogP contribution in [-0.4, -0.2) is 36.2 Å². The molecule has 0 aliphatic rings. The third-order valence-corrected chi connectivity index (χ3v) is 3.36. The van der Waals surface area contributed by atoms with E-state index in [0.717, 1.165) is 6.08 Å². The number of hydrogen-bond donors (Lipinski definition) is 1. The van der Waals surface area contributed by atoms with E-state index in [1.807, 2.05) is 0 Å². The Kier molecular flexibility index (Phi) is 5.11. The first-order valence-corrected chi connectivity index (χ1v) is 5.72. The zero-order chi connectivity index (χ0) is 11.4. The summed E-state index contributed by atoms with van der Waals surface area (Å²) in [7, 11) is -4.31. The third-order valence-electron chi connectivity index (χ3n) is 1.53. The second kappa shape index (κ2) is 5.33. The number of esters is 1. The highest BCUT2D eigenvalue weighted by molar-refractivity contribution is 7.86. The monoisotopic (exact) mass is 242 g/mol. The normalized spacial score (nSPS) is 15.6. The standard InChI is InChI=1S/C7H11ClO5S/c1-3-7(9)13-5(2)6(4-8)14(10,11)12/h3,5-6H,1,4H2,2H3,(H,10,11,12). The summed E-state index contributed by atoms with van der Waals surface area (Å²) in [5, 5.41) is -1.33. The second-order valence-electron chi connectivity index (χ2n) is 2.55. The zero-order valence-corrected chi connectivity index (χ0v) is 9.09. The molecule has 0 aliphatic carbocycles. The van der Waals surface area contributed by atoms with Crippen LogP contribution in [0.1, 0.15) is 6.92 Å². The summed E-state index contributed by atoms with van der Waals surface area (Å²) in [6.45, 7) is 4.46. The van der Waals surface area contributed by atoms with Crippen LogP contribution in [-0.2, 0) is 19.6 Å². The minimum atomic E-state index is -4.31. The van der Waals surface area contributed by atoms with Crippen molar-refractivity contribution >= 4 is 27.7 Å². The summed E-state index contributed by atoms with van der Waals surface area (Å²) in [5.41, 5.74) is 0. The summed E-state index contributed by atoms with van der Waals surface area (Å²) in [6.07, 6.45) is -0.126. The van der Waals surface area contributed by atoms with Crippen LogP contribution in [0, 0.1) is 0 Å². The van der Waals surface area contributed by atoms with Gasteiger partial charge in [0, 0.05) is 12.0 Å². The topological polar surface area (TPSA) is 80.7 Å². The van der Waals surface area contributed by atoms with Crippen LogP contribution in [0.2, 0.25) is 0 Å². The summed E-state index contributed by atoms with van der Waals surface area (Å²) >= 11 is 5.32. The van der Waals surface area contributed by atoms with Crippen LogP contribution < -0.4 is 0 Å². The maximum Gasteiger partial charge on any atom is 0.330 e. The molecule has 0 saturated heterocycles. The number of alkyl halides is 1. The van der Waals surface area contributed by atoms with Crippen molar-refractivity contribution in [3.05, 3.63) is 12.7 Å². The van der Waals surface area contributed by atoms with Crippen LogP contribution >= 0.6 is 11.6 Å². The number of ether oxygens (including phenoxy) is 1. The van der Waals surface area contributed by atoms with Crippen molar-refractivity contribution < 1.29 is 22.5 Å². The molecule has 82 valence electrons. The van der Waals surface area contributed by atoms with Gasteiger partial charge in [-0.25, -0.2) is 4.79 Å². The molecule has 0 heterocycles. The highest BCUT2D eigenvalue weighted by Gasteiger charge is 2.30. The average Bonchev–Trinajstić information content (AvgIpc) is 2.02. The van der Waals surface area contributed by atoms with Crippen LogP contribution in [0.25, 0.3) is 0 Å². The quantitative estimate of drug-likeness (QED) is 0.330. The maximum atomic E-state index is 10.7. The SMILES string of the molecule is C=CC(=O)OC(C)C(CCl)S(=O)(=O)O. The minimum absolute atomic E-state index is 0.357. The molecule has 0 fully saturated rings. The first kappa shape index (κ1) is 13.4. The summed E-state index contributed by atoms with van der Waals surface area (Å²) in [6, 6.07) is 0. The van der Waals surface area contributed by atoms with Gasteiger partial charge in [-0.15, -0.1) is 11.6 Å². The van der Waals surface area contributed by atoms with E-state index in [4.69, 9.17) is 16.2 Å². The lowest BCUT2D eigenvalue weighted by atomic mass is 10.3. The summed E-state index contributed by atoms with van der Waals surface area (Å²) in [5.74, 6) is -1.12. The molecule has 7 heteroatoms. The molecule has 2 unspecified atom stereocenters. The molecule has 0 spiro atoms. The van der Waals surface area contributed by atoms with Gasteiger partial charge in [0.2, 0.25) is 0 Å². The van der Waals surface area contributed by atoms with Gasteiger partial charge in [-0.1, -0.05) is 6.58 Å². The van der Waals surface area contributed by atoms with Crippen molar-refractivity contribution in [1.82, 2.24) is 0 Å². The maximum absolute atomic E-state index is 10.7. The number of rotatable bonds is 5. The van der Waals surface area contributed by atoms with Crippen molar-refractivity contribution in [3.63, 3.8) is 0 Å². The first-order valence-electron chi connectivity index (χ1n) is 3.68. The van der Waals surface area contributed by atoms with Gasteiger partial charge >= 0.3 is 5.97 Å². The fraction of sp³-hybridized carbons (Fsp3) is 0.571. The Bertz CT molecular complexity index is 310. The molecule has 14 heavy (non-hydrogen) atoms. The molecular weight excluding hydrogens is 232 g/mol. The molecule has 0 radical (unpaired) electrons. The van der Waals surface area contributed by atoms with Crippen LogP contribution in [0.3, 0.4) is 0 Å². The van der Waals surface area contributed by atoms with Crippen molar-refractivity contribution in [2.24, 2.45) is 0 Å². The van der Waals surface area contributed by atoms with E-state index in [2.05, 4.69) is 11.3 Å². The lowest BCUT2D eigenvalue weighted by Crippen LogP contribution is -2.36. The average molecular weight is 243 g/mol. The van der Waals surface area contributed by atoms with Crippen molar-refractivity contribution in [2.75, 3.05) is 5.88 Å². The number of carbonyl (C=O) groups excluding carboxylic acids is 1. The molecule has 0 aromatic heterocycles. The lowest BCUT2D eigenvalue weighted by Gasteiger charge is -2.18. The molecular formula is C7H11ClO5S. The van der Waals surface area contributed by atoms with Gasteiger partial charge in [-0.3, -0.25) is 4.55 Å². The highest BCUT2D eigenvalue weighted by Crippen LogP contribution is 2.10. The lowest BCUT2D eigenvalue weighted by molar-refractivity contribution is -0.142. The highest BCUT2D eigenvalue weighted by atomic mass is 35.5. The van der Waals surface area contributed by atoms with E-state index in [-0.39, 0.29) is 5.88 Å². The third kappa shape index (κ3) is 4.08. The summed E-state index contributed by atoms with van der Waals surface area (Å²) in [4.78, 5) is 10.7. The number of halogens is 1. The fourth-order valence-electron chi connectivity index (χ4n) is 0.754. The van der Waals surface area contributed by atoms with Crippen LogP contribution in [0.4, 0.5) is 0 Å². The van der Waals surface area contributed by atoms with Crippen molar-refractivity contribution in [2.45, 2.75) is 18.3 Å². The Morgan fingerprint density at radius 2 is 2.21 bits per heavy atom. The fourth-order valence-corrected chi connectivity index (χ4v) is 2.18. The van der Waals surface area contributed by atoms with Gasteiger partial charge in [0.05, 0.1) is 0 Å². The van der Waals surface area contributed by atoms with Gasteiger partial charge in [-0.05, 0) is 6.92 Å². The Morgan fingerprint density at radius 1 is 1.71 bits per heavy atom. The van der Waals surface area contributed by atoms with Gasteiger partial charge in [0.25, 0.3) is 10.1 Å². The Hall–Kier alpha value is -0.590. The number of carbonyl (C=O) groups is 1. The van der Waals surface area contributed by atoms with E-state index in [1.165, 1.54) is 6.92 Å². The van der Waals surface area contributed by atoms with Gasteiger partial charge in [0.15, 0.2) is 0 Å². The Morgan fingerprint density at radius 3 is 2.50 bits per heavy atom. The van der Waals surface area contributed by atoms with E-state index in [9.17, 15) is 13.2 Å². The molecule has 0 bridgehead atoms. The van der Waals surface area contributed by atoms with E-state index in [0.29, 0.717) is 0 Å². The van der Waals surface area contributed by atoms with Crippen LogP contribution in [0.15, 0.2) is 12.7 Å². The van der Waals surface area contributed by atoms with Crippen molar-refractivity contribution in [3.8, 4) is 0 Å². The second-order valence-corrected chi connectivity index (χ2v) is 4.50. The molecule has 0 aromatic rings. The molecule has 0 aliphatic heterocycles. The Balaban J connectivity index is 4.56. The molecule has 1 N–H and O–H groups in total. The molecule has 5 nitrogen and oxygen atoms in total. The molecule has 0 amide bonds. The van der Waals surface area contributed by atoms with Crippen molar-refractivity contribution in [1.29, 1.82) is 0 Å². The molecule has 0 aromatic carbocycles. The molecule has 0 rings (SSSR count). The summed E-state index contributed by atoms with van der Waals surface area (Å²) < 4.78 is 34.8. The van der Waals surface area contributed by atoms with Gasteiger partial charge in [0.1, 0.15) is 11.4 Å². The minimum Gasteiger partial charge on any atom is -0.458 e. The zero-order valence-electron chi connectivity index (χ0n) is 7.51. The van der Waals surface area contributed by atoms with Gasteiger partial charge < -0.3 is 4.74 Å². The molecule has 0 saturated carbocycles. The molecule has 2 atom stereocenters. The first-order chi connectivity index (χ1) is 6.32. The predicted molar refractivity (Wildman–Crippen MR) is 51.8 cm³/mol. The predicted octanol–water partition coefficient (Wildman–Crippen LogP) is 0.599. The van der Waals surface area contributed by atoms with E-state index >= 15 is 0 Å². The van der Waals surface area contributed by atoms with E-state index in [1.54, 1.807) is 0 Å². The van der Waals surface area contributed by atoms with E-state index < -0.39 is 27.4 Å².